The second kappa shape index (κ2) is 20.7. The van der Waals surface area contributed by atoms with Gasteiger partial charge in [-0.1, -0.05) is 127 Å². The third kappa shape index (κ3) is 12.3. The number of amides is 2. The van der Waals surface area contributed by atoms with Crippen molar-refractivity contribution in [3.05, 3.63) is 174 Å². The molecule has 1 fully saturated rings. The molecule has 316 valence electrons. The Balaban J connectivity index is 1.27. The lowest BCUT2D eigenvalue weighted by molar-refractivity contribution is -0.211. The smallest absolute Gasteiger partial charge is 0.408 e. The molecule has 61 heavy (non-hydrogen) atoms. The van der Waals surface area contributed by atoms with E-state index in [0.29, 0.717) is 16.0 Å². The van der Waals surface area contributed by atoms with Gasteiger partial charge in [-0.3, -0.25) is 4.79 Å². The highest BCUT2D eigenvalue weighted by molar-refractivity contribution is 7.99. The maximum atomic E-state index is 14.1. The van der Waals surface area contributed by atoms with Gasteiger partial charge in [0.15, 0.2) is 18.2 Å². The van der Waals surface area contributed by atoms with E-state index in [2.05, 4.69) is 10.6 Å². The van der Waals surface area contributed by atoms with Gasteiger partial charge in [-0.25, -0.2) is 19.2 Å². The molecule has 13 nitrogen and oxygen atoms in total. The monoisotopic (exact) mass is 846 g/mol. The molecule has 5 aromatic carbocycles. The zero-order chi connectivity index (χ0) is 43.4. The molecule has 1 saturated heterocycles. The number of rotatable bonds is 14. The first-order valence-electron chi connectivity index (χ1n) is 19.5. The largest absolute Gasteiger partial charge is 0.461 e. The van der Waals surface area contributed by atoms with Gasteiger partial charge in [0.1, 0.15) is 35.9 Å². The van der Waals surface area contributed by atoms with Crippen molar-refractivity contribution in [2.45, 2.75) is 73.2 Å². The summed E-state index contributed by atoms with van der Waals surface area (Å²) in [7, 11) is 0. The summed E-state index contributed by atoms with van der Waals surface area (Å²) < 4.78 is 29.6. The molecule has 5 aromatic rings. The number of benzene rings is 5. The summed E-state index contributed by atoms with van der Waals surface area (Å²) in [4.78, 5) is 68.9. The van der Waals surface area contributed by atoms with E-state index >= 15 is 0 Å². The van der Waals surface area contributed by atoms with Crippen molar-refractivity contribution in [1.29, 1.82) is 0 Å². The van der Waals surface area contributed by atoms with Gasteiger partial charge in [0.05, 0.1) is 11.1 Å². The molecule has 0 saturated carbocycles. The summed E-state index contributed by atoms with van der Waals surface area (Å²) in [5, 5.41) is 17.2. The standard InChI is InChI=1S/C47H46N2O11S/c1-47(2,3)60-46(55)49-36(30-19-9-4-10-20-30)41(51)48-37(31-21-11-5-12-22-31)44(54)56-29-35-38(50)39(58-42(52)32-23-13-6-14-24-32)40(59-43(53)33-25-15-7-16-26-33)45(57-35)61-34-27-17-8-18-28-34/h4-28,35-40,45,50H,29H2,1-3H3,(H,48,51)(H,49,55)/t35-,36?,37?,38+,39+,40-,45+/m1/s1. The average molecular weight is 847 g/mol. The number of thioether (sulfide) groups is 1. The van der Waals surface area contributed by atoms with E-state index in [1.807, 2.05) is 18.2 Å². The van der Waals surface area contributed by atoms with E-state index in [1.54, 1.807) is 142 Å². The van der Waals surface area contributed by atoms with E-state index in [9.17, 15) is 29.1 Å². The molecule has 7 atom stereocenters. The Bertz CT molecular complexity index is 2230. The highest BCUT2D eigenvalue weighted by atomic mass is 32.2. The second-order valence-corrected chi connectivity index (χ2v) is 16.1. The van der Waals surface area contributed by atoms with Crippen LogP contribution in [0.25, 0.3) is 0 Å². The summed E-state index contributed by atoms with van der Waals surface area (Å²) in [6.07, 6.45) is -6.72. The number of hydrogen-bond acceptors (Lipinski definition) is 12. The van der Waals surface area contributed by atoms with Crippen molar-refractivity contribution in [3.63, 3.8) is 0 Å². The van der Waals surface area contributed by atoms with Crippen LogP contribution < -0.4 is 10.6 Å². The van der Waals surface area contributed by atoms with Crippen molar-refractivity contribution in [2.75, 3.05) is 6.61 Å². The van der Waals surface area contributed by atoms with Gasteiger partial charge >= 0.3 is 24.0 Å². The van der Waals surface area contributed by atoms with E-state index < -0.39 is 84.1 Å². The maximum absolute atomic E-state index is 14.1. The van der Waals surface area contributed by atoms with E-state index in [4.69, 9.17) is 23.7 Å². The molecule has 0 aliphatic carbocycles. The summed E-state index contributed by atoms with van der Waals surface area (Å²) in [5.41, 5.74) is -0.771. The number of carbonyl (C=O) groups excluding carboxylic acids is 5. The van der Waals surface area contributed by atoms with Crippen LogP contribution in [-0.2, 0) is 33.3 Å². The Morgan fingerprint density at radius 3 is 1.61 bits per heavy atom. The van der Waals surface area contributed by atoms with Gasteiger partial charge in [0.2, 0.25) is 5.91 Å². The van der Waals surface area contributed by atoms with Crippen LogP contribution in [0.3, 0.4) is 0 Å². The van der Waals surface area contributed by atoms with Gasteiger partial charge < -0.3 is 39.4 Å². The average Bonchev–Trinajstić information content (AvgIpc) is 3.27. The fourth-order valence-electron chi connectivity index (χ4n) is 6.32. The molecular formula is C47H46N2O11S. The molecule has 1 heterocycles. The SMILES string of the molecule is CC(C)(C)OC(=O)NC(C(=O)NC(C(=O)OC[C@H]1O[C@@H](Sc2ccccc2)[C@H](OC(=O)c2ccccc2)[C@@H](OC(=O)c2ccccc2)[C@H]1O)c1ccccc1)c1ccccc1. The van der Waals surface area contributed by atoms with Gasteiger partial charge in [-0.15, -0.1) is 0 Å². The predicted octanol–water partition coefficient (Wildman–Crippen LogP) is 6.98. The number of esters is 3. The van der Waals surface area contributed by atoms with Crippen LogP contribution in [0, 0.1) is 0 Å². The molecule has 3 N–H and O–H groups in total. The minimum atomic E-state index is -1.69. The number of nitrogens with one attached hydrogen (secondary N) is 2. The third-order valence-electron chi connectivity index (χ3n) is 9.22. The molecule has 14 heteroatoms. The quantitative estimate of drug-likeness (QED) is 0.0774. The highest BCUT2D eigenvalue weighted by Gasteiger charge is 2.51. The molecule has 1 aliphatic heterocycles. The lowest BCUT2D eigenvalue weighted by Gasteiger charge is -2.43. The first kappa shape index (κ1) is 44.1. The zero-order valence-corrected chi connectivity index (χ0v) is 34.4. The fraction of sp³-hybridized carbons (Fsp3) is 0.255. The lowest BCUT2D eigenvalue weighted by atomic mass is 9.99. The van der Waals surface area contributed by atoms with E-state index in [1.165, 1.54) is 12.1 Å². The number of aliphatic hydroxyl groups is 1. The Morgan fingerprint density at radius 2 is 1.10 bits per heavy atom. The summed E-state index contributed by atoms with van der Waals surface area (Å²) >= 11 is 1.15. The molecular weight excluding hydrogens is 801 g/mol. The molecule has 6 rings (SSSR count). The van der Waals surface area contributed by atoms with E-state index in [-0.39, 0.29) is 11.1 Å². The molecule has 2 amide bonds. The van der Waals surface area contributed by atoms with Crippen LogP contribution >= 0.6 is 11.8 Å². The molecule has 2 unspecified atom stereocenters. The summed E-state index contributed by atoms with van der Waals surface area (Å²) in [6, 6.07) is 39.5. The van der Waals surface area contributed by atoms with Gasteiger partial charge in [0, 0.05) is 4.90 Å². The maximum Gasteiger partial charge on any atom is 0.408 e. The zero-order valence-electron chi connectivity index (χ0n) is 33.6. The number of alkyl carbamates (subject to hydrolysis) is 1. The number of ether oxygens (including phenoxy) is 5. The second-order valence-electron chi connectivity index (χ2n) is 14.9. The van der Waals surface area contributed by atoms with Gasteiger partial charge in [-0.05, 0) is 68.3 Å². The molecule has 0 bridgehead atoms. The molecule has 0 spiro atoms. The Morgan fingerprint density at radius 1 is 0.639 bits per heavy atom. The number of aliphatic hydroxyl groups excluding tert-OH is 1. The molecule has 0 aromatic heterocycles. The topological polar surface area (TPSA) is 176 Å². The van der Waals surface area contributed by atoms with Crippen LogP contribution in [0.2, 0.25) is 0 Å². The third-order valence-corrected chi connectivity index (χ3v) is 10.4. The molecule has 1 aliphatic rings. The summed E-state index contributed by atoms with van der Waals surface area (Å²) in [6.45, 7) is 4.48. The first-order valence-corrected chi connectivity index (χ1v) is 20.4. The van der Waals surface area contributed by atoms with Crippen LogP contribution in [0.5, 0.6) is 0 Å². The minimum absolute atomic E-state index is 0.181. The Labute approximate surface area is 357 Å². The predicted molar refractivity (Wildman–Crippen MR) is 225 cm³/mol. The number of hydrogen-bond donors (Lipinski definition) is 3. The van der Waals surface area contributed by atoms with Crippen LogP contribution in [0.1, 0.15) is 64.7 Å². The summed E-state index contributed by atoms with van der Waals surface area (Å²) in [5.74, 6) is -3.22. The normalized spacial score (nSPS) is 19.6. The van der Waals surface area contributed by atoms with Crippen LogP contribution in [0.4, 0.5) is 4.79 Å². The lowest BCUT2D eigenvalue weighted by Crippen LogP contribution is -2.60. The molecule has 0 radical (unpaired) electrons. The first-order chi connectivity index (χ1) is 29.4. The Kier molecular flexibility index (Phi) is 14.9. The fourth-order valence-corrected chi connectivity index (χ4v) is 7.44. The van der Waals surface area contributed by atoms with E-state index in [0.717, 1.165) is 11.8 Å². The van der Waals surface area contributed by atoms with Crippen molar-refractivity contribution < 1.29 is 52.8 Å². The van der Waals surface area contributed by atoms with Crippen LogP contribution in [0.15, 0.2) is 157 Å². The Hall–Kier alpha value is -6.48. The van der Waals surface area contributed by atoms with Crippen molar-refractivity contribution in [1.82, 2.24) is 10.6 Å². The van der Waals surface area contributed by atoms with Gasteiger partial charge in [-0.2, -0.15) is 0 Å². The van der Waals surface area contributed by atoms with Gasteiger partial charge in [0.25, 0.3) is 0 Å². The van der Waals surface area contributed by atoms with Crippen molar-refractivity contribution >= 4 is 41.7 Å². The van der Waals surface area contributed by atoms with Crippen molar-refractivity contribution in [3.8, 4) is 0 Å². The van der Waals surface area contributed by atoms with Crippen LogP contribution in [-0.4, -0.2) is 77.1 Å². The highest BCUT2D eigenvalue weighted by Crippen LogP contribution is 2.37. The number of carbonyl (C=O) groups is 5. The van der Waals surface area contributed by atoms with Crippen molar-refractivity contribution in [2.24, 2.45) is 0 Å². The minimum Gasteiger partial charge on any atom is -0.461 e.